The van der Waals surface area contributed by atoms with Gasteiger partial charge in [0.2, 0.25) is 5.91 Å². The number of aryl methyl sites for hydroxylation is 3. The summed E-state index contributed by atoms with van der Waals surface area (Å²) in [6.07, 6.45) is 0. The van der Waals surface area contributed by atoms with Gasteiger partial charge in [-0.2, -0.15) is 0 Å². The molecule has 0 saturated carbocycles. The van der Waals surface area contributed by atoms with Crippen LogP contribution in [-0.2, 0) is 4.79 Å². The number of hydrogen-bond acceptors (Lipinski definition) is 2. The third kappa shape index (κ3) is 2.72. The number of anilines is 1. The number of hydrogen-bond donors (Lipinski definition) is 1. The molecule has 2 N–H and O–H groups in total. The number of rotatable bonds is 3. The molecule has 0 aromatic heterocycles. The van der Waals surface area contributed by atoms with Gasteiger partial charge in [0.25, 0.3) is 0 Å². The smallest absolute Gasteiger partial charge is 0.233 e. The average Bonchev–Trinajstić information content (AvgIpc) is 2.32. The normalized spacial score (nSPS) is 11.5. The van der Waals surface area contributed by atoms with Gasteiger partial charge in [0, 0.05) is 19.3 Å². The summed E-state index contributed by atoms with van der Waals surface area (Å²) < 4.78 is 0. The molecular weight excluding hydrogens is 224 g/mol. The second kappa shape index (κ2) is 5.11. The number of amides is 1. The van der Waals surface area contributed by atoms with Gasteiger partial charge in [0.05, 0.1) is 5.41 Å². The number of carbonyl (C=O) groups is 1. The highest BCUT2D eigenvalue weighted by Gasteiger charge is 2.30. The number of benzene rings is 1. The average molecular weight is 248 g/mol. The van der Waals surface area contributed by atoms with Crippen LogP contribution >= 0.6 is 0 Å². The third-order valence-corrected chi connectivity index (χ3v) is 3.57. The zero-order valence-electron chi connectivity index (χ0n) is 12.3. The van der Waals surface area contributed by atoms with Crippen LogP contribution in [0, 0.1) is 26.2 Å². The molecule has 0 unspecified atom stereocenters. The molecule has 0 aliphatic rings. The lowest BCUT2D eigenvalue weighted by Gasteiger charge is -2.29. The van der Waals surface area contributed by atoms with Crippen LogP contribution in [-0.4, -0.2) is 19.5 Å². The molecule has 0 saturated heterocycles. The van der Waals surface area contributed by atoms with E-state index in [1.165, 1.54) is 11.1 Å². The molecule has 1 rings (SSSR count). The maximum Gasteiger partial charge on any atom is 0.233 e. The second-order valence-corrected chi connectivity index (χ2v) is 5.68. The van der Waals surface area contributed by atoms with Crippen LogP contribution in [0.25, 0.3) is 0 Å². The molecule has 0 aliphatic carbocycles. The zero-order chi connectivity index (χ0) is 14.1. The zero-order valence-corrected chi connectivity index (χ0v) is 12.3. The first-order valence-corrected chi connectivity index (χ1v) is 6.27. The molecule has 1 aromatic carbocycles. The summed E-state index contributed by atoms with van der Waals surface area (Å²) in [4.78, 5) is 14.1. The van der Waals surface area contributed by atoms with Crippen molar-refractivity contribution in [2.75, 3.05) is 18.5 Å². The van der Waals surface area contributed by atoms with Crippen molar-refractivity contribution < 1.29 is 4.79 Å². The van der Waals surface area contributed by atoms with Gasteiger partial charge >= 0.3 is 0 Å². The van der Waals surface area contributed by atoms with Gasteiger partial charge in [-0.25, -0.2) is 0 Å². The first kappa shape index (κ1) is 14.7. The first-order valence-electron chi connectivity index (χ1n) is 6.27. The standard InChI is InChI=1S/C15H24N2O/c1-10-7-12(3)13(8-11(10)2)17(6)14(18)15(4,5)9-16/h7-8H,9,16H2,1-6H3. The van der Waals surface area contributed by atoms with Gasteiger partial charge in [0.1, 0.15) is 0 Å². The van der Waals surface area contributed by atoms with Crippen LogP contribution in [0.15, 0.2) is 12.1 Å². The Morgan fingerprint density at radius 3 is 2.17 bits per heavy atom. The molecule has 0 spiro atoms. The molecule has 0 bridgehead atoms. The van der Waals surface area contributed by atoms with Crippen molar-refractivity contribution in [3.63, 3.8) is 0 Å². The van der Waals surface area contributed by atoms with Crippen LogP contribution in [0.5, 0.6) is 0 Å². The summed E-state index contributed by atoms with van der Waals surface area (Å²) >= 11 is 0. The Morgan fingerprint density at radius 1 is 1.17 bits per heavy atom. The van der Waals surface area contributed by atoms with E-state index in [0.717, 1.165) is 11.3 Å². The summed E-state index contributed by atoms with van der Waals surface area (Å²) in [6, 6.07) is 4.18. The predicted octanol–water partition coefficient (Wildman–Crippen LogP) is 2.56. The minimum absolute atomic E-state index is 0.0522. The van der Waals surface area contributed by atoms with Gasteiger partial charge in [-0.3, -0.25) is 4.79 Å². The molecule has 1 aromatic rings. The molecule has 18 heavy (non-hydrogen) atoms. The van der Waals surface area contributed by atoms with Crippen LogP contribution in [0.4, 0.5) is 5.69 Å². The van der Waals surface area contributed by atoms with Gasteiger partial charge in [-0.15, -0.1) is 0 Å². The minimum atomic E-state index is -0.528. The number of nitrogens with zero attached hydrogens (tertiary/aromatic N) is 1. The number of carbonyl (C=O) groups excluding carboxylic acids is 1. The van der Waals surface area contributed by atoms with E-state index >= 15 is 0 Å². The van der Waals surface area contributed by atoms with Gasteiger partial charge in [-0.1, -0.05) is 6.07 Å². The van der Waals surface area contributed by atoms with Crippen molar-refractivity contribution in [1.29, 1.82) is 0 Å². The van der Waals surface area contributed by atoms with Crippen molar-refractivity contribution in [3.05, 3.63) is 28.8 Å². The summed E-state index contributed by atoms with van der Waals surface area (Å²) in [5.74, 6) is 0.0522. The lowest BCUT2D eigenvalue weighted by atomic mass is 9.91. The summed E-state index contributed by atoms with van der Waals surface area (Å²) in [5.41, 5.74) is 9.66. The van der Waals surface area contributed by atoms with Crippen molar-refractivity contribution in [2.45, 2.75) is 34.6 Å². The molecule has 0 heterocycles. The summed E-state index contributed by atoms with van der Waals surface area (Å²) in [6.45, 7) is 10.3. The molecule has 0 fully saturated rings. The first-order chi connectivity index (χ1) is 8.20. The van der Waals surface area contributed by atoms with E-state index in [2.05, 4.69) is 26.0 Å². The van der Waals surface area contributed by atoms with Gasteiger partial charge < -0.3 is 10.6 Å². The molecule has 0 aliphatic heterocycles. The Kier molecular flexibility index (Phi) is 4.17. The Labute approximate surface area is 110 Å². The fourth-order valence-corrected chi connectivity index (χ4v) is 1.96. The van der Waals surface area contributed by atoms with E-state index in [1.54, 1.807) is 4.90 Å². The maximum absolute atomic E-state index is 12.4. The maximum atomic E-state index is 12.4. The quantitative estimate of drug-likeness (QED) is 0.893. The highest BCUT2D eigenvalue weighted by Crippen LogP contribution is 2.27. The van der Waals surface area contributed by atoms with Crippen molar-refractivity contribution in [2.24, 2.45) is 11.1 Å². The Hall–Kier alpha value is -1.35. The van der Waals surface area contributed by atoms with E-state index in [9.17, 15) is 4.79 Å². The van der Waals surface area contributed by atoms with Crippen LogP contribution in [0.3, 0.4) is 0 Å². The van der Waals surface area contributed by atoms with Gasteiger partial charge in [0.15, 0.2) is 0 Å². The number of nitrogens with two attached hydrogens (primary N) is 1. The molecular formula is C15H24N2O. The highest BCUT2D eigenvalue weighted by molar-refractivity contribution is 5.97. The Balaban J connectivity index is 3.16. The SMILES string of the molecule is Cc1cc(C)c(N(C)C(=O)C(C)(C)CN)cc1C. The largest absolute Gasteiger partial charge is 0.329 e. The molecule has 100 valence electrons. The summed E-state index contributed by atoms with van der Waals surface area (Å²) in [5, 5.41) is 0. The van der Waals surface area contributed by atoms with E-state index < -0.39 is 5.41 Å². The Morgan fingerprint density at radius 2 is 1.67 bits per heavy atom. The molecule has 1 amide bonds. The van der Waals surface area contributed by atoms with E-state index in [1.807, 2.05) is 27.8 Å². The lowest BCUT2D eigenvalue weighted by molar-refractivity contribution is -0.125. The lowest BCUT2D eigenvalue weighted by Crippen LogP contribution is -2.43. The molecule has 0 atom stereocenters. The predicted molar refractivity (Wildman–Crippen MR) is 76.9 cm³/mol. The van der Waals surface area contributed by atoms with Crippen LogP contribution in [0.2, 0.25) is 0 Å². The fraction of sp³-hybridized carbons (Fsp3) is 0.533. The third-order valence-electron chi connectivity index (χ3n) is 3.57. The Bertz CT molecular complexity index is 464. The van der Waals surface area contributed by atoms with Crippen LogP contribution in [0.1, 0.15) is 30.5 Å². The topological polar surface area (TPSA) is 46.3 Å². The van der Waals surface area contributed by atoms with E-state index in [0.29, 0.717) is 6.54 Å². The van der Waals surface area contributed by atoms with E-state index in [4.69, 9.17) is 5.73 Å². The second-order valence-electron chi connectivity index (χ2n) is 5.68. The summed E-state index contributed by atoms with van der Waals surface area (Å²) in [7, 11) is 1.82. The van der Waals surface area contributed by atoms with E-state index in [-0.39, 0.29) is 5.91 Å². The van der Waals surface area contributed by atoms with Crippen molar-refractivity contribution in [1.82, 2.24) is 0 Å². The van der Waals surface area contributed by atoms with Crippen molar-refractivity contribution in [3.8, 4) is 0 Å². The monoisotopic (exact) mass is 248 g/mol. The highest BCUT2D eigenvalue weighted by atomic mass is 16.2. The van der Waals surface area contributed by atoms with Gasteiger partial charge in [-0.05, 0) is 57.4 Å². The minimum Gasteiger partial charge on any atom is -0.329 e. The molecule has 3 nitrogen and oxygen atoms in total. The molecule has 3 heteroatoms. The van der Waals surface area contributed by atoms with Crippen molar-refractivity contribution >= 4 is 11.6 Å². The fourth-order valence-electron chi connectivity index (χ4n) is 1.96. The van der Waals surface area contributed by atoms with Crippen LogP contribution < -0.4 is 10.6 Å². The molecule has 0 radical (unpaired) electrons.